The van der Waals surface area contributed by atoms with Gasteiger partial charge < -0.3 is 5.11 Å². The molecule has 0 aromatic heterocycles. The van der Waals surface area contributed by atoms with Crippen LogP contribution < -0.4 is 5.43 Å². The van der Waals surface area contributed by atoms with Crippen LogP contribution in [0.25, 0.3) is 0 Å². The number of hydrogen-bond acceptors (Lipinski definition) is 5. The van der Waals surface area contributed by atoms with Gasteiger partial charge in [0, 0.05) is 5.34 Å². The van der Waals surface area contributed by atoms with E-state index < -0.39 is 11.9 Å². The fraction of sp³-hybridized carbons (Fsp3) is 0.200. The standard InChI is InChI=1S/C10H12N2O5/c1-16-12(17-2)11-9(13)7-5-3-4-6-8(7)10(14)15/h3-6H,1-2H3,(H,11,13)(H,14,15). The van der Waals surface area contributed by atoms with E-state index in [1.54, 1.807) is 6.07 Å². The molecule has 0 saturated heterocycles. The van der Waals surface area contributed by atoms with Gasteiger partial charge in [-0.05, 0) is 12.1 Å². The number of carbonyl (C=O) groups excluding carboxylic acids is 1. The molecule has 0 bridgehead atoms. The van der Waals surface area contributed by atoms with Crippen LogP contribution in [0.3, 0.4) is 0 Å². The highest BCUT2D eigenvalue weighted by Gasteiger charge is 2.17. The number of aromatic carboxylic acids is 1. The number of nitrogens with zero attached hydrogens (tertiary/aromatic N) is 1. The molecule has 1 aromatic rings. The van der Waals surface area contributed by atoms with E-state index in [0.717, 1.165) is 0 Å². The van der Waals surface area contributed by atoms with Crippen LogP contribution in [0.1, 0.15) is 20.7 Å². The second-order valence-electron chi connectivity index (χ2n) is 2.91. The van der Waals surface area contributed by atoms with Crippen LogP contribution in [0.5, 0.6) is 0 Å². The molecule has 0 aliphatic rings. The average molecular weight is 240 g/mol. The molecule has 0 radical (unpaired) electrons. The Bertz CT molecular complexity index is 417. The van der Waals surface area contributed by atoms with Crippen molar-refractivity contribution in [2.24, 2.45) is 0 Å². The van der Waals surface area contributed by atoms with Crippen molar-refractivity contribution in [3.63, 3.8) is 0 Å². The third-order valence-corrected chi connectivity index (χ3v) is 1.93. The van der Waals surface area contributed by atoms with Crippen molar-refractivity contribution in [3.05, 3.63) is 35.4 Å². The van der Waals surface area contributed by atoms with Crippen LogP contribution >= 0.6 is 0 Å². The van der Waals surface area contributed by atoms with E-state index >= 15 is 0 Å². The second-order valence-corrected chi connectivity index (χ2v) is 2.91. The zero-order chi connectivity index (χ0) is 12.8. The van der Waals surface area contributed by atoms with E-state index in [-0.39, 0.29) is 11.1 Å². The average Bonchev–Trinajstić information content (AvgIpc) is 2.35. The van der Waals surface area contributed by atoms with E-state index in [4.69, 9.17) is 5.11 Å². The maximum atomic E-state index is 11.7. The fourth-order valence-corrected chi connectivity index (χ4v) is 1.18. The molecule has 0 heterocycles. The summed E-state index contributed by atoms with van der Waals surface area (Å²) in [6.07, 6.45) is 0. The minimum Gasteiger partial charge on any atom is -0.478 e. The molecule has 7 heteroatoms. The Hall–Kier alpha value is -1.96. The van der Waals surface area contributed by atoms with Crippen LogP contribution in [-0.4, -0.2) is 36.5 Å². The van der Waals surface area contributed by atoms with Gasteiger partial charge in [-0.3, -0.25) is 14.5 Å². The predicted octanol–water partition coefficient (Wildman–Crippen LogP) is 0.454. The van der Waals surface area contributed by atoms with E-state index in [1.165, 1.54) is 32.4 Å². The first-order chi connectivity index (χ1) is 8.10. The van der Waals surface area contributed by atoms with Crippen LogP contribution in [-0.2, 0) is 9.68 Å². The molecule has 1 amide bonds. The number of benzene rings is 1. The highest BCUT2D eigenvalue weighted by Crippen LogP contribution is 2.08. The van der Waals surface area contributed by atoms with Crippen LogP contribution in [0.15, 0.2) is 24.3 Å². The molecule has 0 atom stereocenters. The third-order valence-electron chi connectivity index (χ3n) is 1.93. The Labute approximate surface area is 97.4 Å². The Morgan fingerprint density at radius 3 is 2.18 bits per heavy atom. The molecule has 1 rings (SSSR count). The second kappa shape index (κ2) is 5.94. The topological polar surface area (TPSA) is 88.1 Å². The van der Waals surface area contributed by atoms with Crippen molar-refractivity contribution in [3.8, 4) is 0 Å². The SMILES string of the molecule is CON(NC(=O)c1ccccc1C(=O)O)OC. The lowest BCUT2D eigenvalue weighted by Crippen LogP contribution is -2.41. The predicted molar refractivity (Wildman–Crippen MR) is 56.7 cm³/mol. The highest BCUT2D eigenvalue weighted by molar-refractivity contribution is 6.04. The molecular formula is C10H12N2O5. The summed E-state index contributed by atoms with van der Waals surface area (Å²) in [7, 11) is 2.57. The molecule has 0 aliphatic carbocycles. The summed E-state index contributed by atoms with van der Waals surface area (Å²) >= 11 is 0. The van der Waals surface area contributed by atoms with E-state index in [2.05, 4.69) is 15.1 Å². The summed E-state index contributed by atoms with van der Waals surface area (Å²) in [6.45, 7) is 0. The maximum absolute atomic E-state index is 11.7. The highest BCUT2D eigenvalue weighted by atomic mass is 17.0. The number of hydrazine groups is 1. The minimum atomic E-state index is -1.18. The quantitative estimate of drug-likeness (QED) is 0.727. The van der Waals surface area contributed by atoms with Crippen LogP contribution in [0.4, 0.5) is 0 Å². The zero-order valence-electron chi connectivity index (χ0n) is 9.34. The van der Waals surface area contributed by atoms with Crippen molar-refractivity contribution < 1.29 is 24.4 Å². The van der Waals surface area contributed by atoms with Gasteiger partial charge >= 0.3 is 5.97 Å². The number of amides is 1. The van der Waals surface area contributed by atoms with Gasteiger partial charge in [0.15, 0.2) is 0 Å². The number of carboxylic acid groups (broad SMARTS) is 1. The van der Waals surface area contributed by atoms with Gasteiger partial charge in [-0.25, -0.2) is 10.2 Å². The summed E-state index contributed by atoms with van der Waals surface area (Å²) in [5, 5.41) is 9.62. The first-order valence-electron chi connectivity index (χ1n) is 4.61. The van der Waals surface area contributed by atoms with E-state index in [0.29, 0.717) is 5.34 Å². The molecular weight excluding hydrogens is 228 g/mol. The summed E-state index contributed by atoms with van der Waals surface area (Å²) in [5.74, 6) is -1.83. The summed E-state index contributed by atoms with van der Waals surface area (Å²) in [5.41, 5.74) is 2.13. The maximum Gasteiger partial charge on any atom is 0.336 e. The Balaban J connectivity index is 2.92. The summed E-state index contributed by atoms with van der Waals surface area (Å²) < 4.78 is 0. The van der Waals surface area contributed by atoms with Crippen molar-refractivity contribution in [1.29, 1.82) is 0 Å². The Kier molecular flexibility index (Phi) is 4.58. The van der Waals surface area contributed by atoms with Crippen LogP contribution in [0, 0.1) is 0 Å². The van der Waals surface area contributed by atoms with Crippen molar-refractivity contribution in [1.82, 2.24) is 10.8 Å². The normalized spacial score (nSPS) is 10.3. The Morgan fingerprint density at radius 2 is 1.71 bits per heavy atom. The summed E-state index contributed by atoms with van der Waals surface area (Å²) in [6, 6.07) is 5.82. The molecule has 0 fully saturated rings. The lowest BCUT2D eigenvalue weighted by molar-refractivity contribution is -0.364. The van der Waals surface area contributed by atoms with Crippen molar-refractivity contribution in [2.75, 3.05) is 14.2 Å². The smallest absolute Gasteiger partial charge is 0.336 e. The molecule has 1 aromatic carbocycles. The molecule has 92 valence electrons. The number of nitrogens with one attached hydrogen (secondary N) is 1. The molecule has 2 N–H and O–H groups in total. The van der Waals surface area contributed by atoms with Gasteiger partial charge in [0.1, 0.15) is 0 Å². The monoisotopic (exact) mass is 240 g/mol. The molecule has 17 heavy (non-hydrogen) atoms. The number of hydrogen-bond donors (Lipinski definition) is 2. The fourth-order valence-electron chi connectivity index (χ4n) is 1.18. The van der Waals surface area contributed by atoms with Crippen LogP contribution in [0.2, 0.25) is 0 Å². The van der Waals surface area contributed by atoms with Gasteiger partial charge in [-0.2, -0.15) is 0 Å². The molecule has 0 saturated carbocycles. The zero-order valence-corrected chi connectivity index (χ0v) is 9.34. The number of carboxylic acids is 1. The lowest BCUT2D eigenvalue weighted by atomic mass is 10.1. The van der Waals surface area contributed by atoms with Gasteiger partial charge in [-0.1, -0.05) is 12.1 Å². The Morgan fingerprint density at radius 1 is 1.18 bits per heavy atom. The van der Waals surface area contributed by atoms with Crippen molar-refractivity contribution in [2.45, 2.75) is 0 Å². The van der Waals surface area contributed by atoms with Gasteiger partial charge in [0.05, 0.1) is 25.3 Å². The van der Waals surface area contributed by atoms with Gasteiger partial charge in [-0.15, -0.1) is 0 Å². The van der Waals surface area contributed by atoms with Gasteiger partial charge in [0.25, 0.3) is 5.91 Å². The molecule has 0 aliphatic heterocycles. The van der Waals surface area contributed by atoms with Crippen molar-refractivity contribution >= 4 is 11.9 Å². The molecule has 7 nitrogen and oxygen atoms in total. The largest absolute Gasteiger partial charge is 0.478 e. The van der Waals surface area contributed by atoms with E-state index in [9.17, 15) is 9.59 Å². The summed E-state index contributed by atoms with van der Waals surface area (Å²) in [4.78, 5) is 31.9. The lowest BCUT2D eigenvalue weighted by Gasteiger charge is -2.16. The number of carbonyl (C=O) groups is 2. The first-order valence-corrected chi connectivity index (χ1v) is 4.61. The molecule has 0 unspecified atom stereocenters. The minimum absolute atomic E-state index is 0.0131. The third kappa shape index (κ3) is 3.25. The first kappa shape index (κ1) is 13.1. The van der Waals surface area contributed by atoms with Gasteiger partial charge in [0.2, 0.25) is 0 Å². The molecule has 0 spiro atoms. The van der Waals surface area contributed by atoms with E-state index in [1.807, 2.05) is 0 Å². The number of rotatable bonds is 5.